The Hall–Kier alpha value is -1.34. The topological polar surface area (TPSA) is 79.3 Å². The van der Waals surface area contributed by atoms with Crippen molar-refractivity contribution in [3.8, 4) is 0 Å². The summed E-state index contributed by atoms with van der Waals surface area (Å²) in [5.41, 5.74) is -1.53. The van der Waals surface area contributed by atoms with Gasteiger partial charge in [0.25, 0.3) is 0 Å². The lowest BCUT2D eigenvalue weighted by Crippen LogP contribution is -2.54. The Morgan fingerprint density at radius 3 is 2.32 bits per heavy atom. The molecule has 1 saturated heterocycles. The van der Waals surface area contributed by atoms with Crippen LogP contribution >= 0.6 is 0 Å². The zero-order chi connectivity index (χ0) is 14.5. The van der Waals surface area contributed by atoms with E-state index in [1.165, 1.54) is 14.0 Å². The summed E-state index contributed by atoms with van der Waals surface area (Å²) in [5.74, 6) is -0.652. The van der Waals surface area contributed by atoms with Gasteiger partial charge in [0.05, 0.1) is 13.7 Å². The van der Waals surface area contributed by atoms with E-state index in [1.807, 2.05) is 4.90 Å². The molecular weight excluding hydrogens is 252 g/mol. The number of rotatable bonds is 4. The number of carbonyl (C=O) groups is 2. The number of amides is 1. The van der Waals surface area contributed by atoms with E-state index in [0.717, 1.165) is 0 Å². The first-order chi connectivity index (χ1) is 8.90. The smallest absolute Gasteiger partial charge is 0.409 e. The second-order valence-electron chi connectivity index (χ2n) is 4.73. The molecule has 1 aliphatic heterocycles. The number of esters is 1. The molecule has 0 aliphatic carbocycles. The fourth-order valence-electron chi connectivity index (χ4n) is 2.02. The van der Waals surface area contributed by atoms with Crippen LogP contribution in [0.5, 0.6) is 0 Å². The summed E-state index contributed by atoms with van der Waals surface area (Å²) in [6, 6.07) is 0. The molecule has 1 fully saturated rings. The van der Waals surface area contributed by atoms with Crippen molar-refractivity contribution in [3.63, 3.8) is 0 Å². The van der Waals surface area contributed by atoms with E-state index < -0.39 is 11.6 Å². The highest BCUT2D eigenvalue weighted by molar-refractivity contribution is 5.78. The highest BCUT2D eigenvalue weighted by Gasteiger charge is 2.35. The second-order valence-corrected chi connectivity index (χ2v) is 4.73. The van der Waals surface area contributed by atoms with Crippen molar-refractivity contribution >= 4 is 12.1 Å². The van der Waals surface area contributed by atoms with E-state index in [9.17, 15) is 14.7 Å². The normalized spacial score (nSPS) is 19.7. The quantitative estimate of drug-likeness (QED) is 0.708. The summed E-state index contributed by atoms with van der Waals surface area (Å²) in [6.07, 6.45) is -0.318. The molecule has 1 amide bonds. The maximum absolute atomic E-state index is 11.5. The number of piperazine rings is 1. The van der Waals surface area contributed by atoms with Gasteiger partial charge >= 0.3 is 12.1 Å². The molecule has 1 unspecified atom stereocenters. The number of hydrogen-bond acceptors (Lipinski definition) is 6. The first kappa shape index (κ1) is 15.7. The number of nitrogens with zero attached hydrogens (tertiary/aromatic N) is 2. The van der Waals surface area contributed by atoms with Crippen LogP contribution in [0.3, 0.4) is 0 Å². The van der Waals surface area contributed by atoms with Crippen LogP contribution in [-0.2, 0) is 14.3 Å². The van der Waals surface area contributed by atoms with Crippen LogP contribution in [0.1, 0.15) is 13.8 Å². The third-order valence-electron chi connectivity index (χ3n) is 3.05. The summed E-state index contributed by atoms with van der Waals surface area (Å²) >= 11 is 0. The Morgan fingerprint density at radius 2 is 1.84 bits per heavy atom. The maximum atomic E-state index is 11.5. The third kappa shape index (κ3) is 4.36. The fourth-order valence-corrected chi connectivity index (χ4v) is 2.02. The van der Waals surface area contributed by atoms with Gasteiger partial charge in [-0.2, -0.15) is 0 Å². The van der Waals surface area contributed by atoms with Crippen molar-refractivity contribution in [2.45, 2.75) is 19.4 Å². The SMILES string of the molecule is CCOC(=O)N1CCN(CC(C)(O)C(=O)OC)CC1. The molecule has 1 heterocycles. The monoisotopic (exact) mass is 274 g/mol. The molecule has 0 radical (unpaired) electrons. The summed E-state index contributed by atoms with van der Waals surface area (Å²) in [4.78, 5) is 26.4. The van der Waals surface area contributed by atoms with E-state index >= 15 is 0 Å². The Labute approximate surface area is 113 Å². The van der Waals surface area contributed by atoms with Gasteiger partial charge in [0, 0.05) is 32.7 Å². The molecule has 19 heavy (non-hydrogen) atoms. The Morgan fingerprint density at radius 1 is 1.26 bits per heavy atom. The van der Waals surface area contributed by atoms with Gasteiger partial charge in [0.1, 0.15) is 0 Å². The lowest BCUT2D eigenvalue weighted by Gasteiger charge is -2.36. The molecule has 0 bridgehead atoms. The third-order valence-corrected chi connectivity index (χ3v) is 3.05. The number of ether oxygens (including phenoxy) is 2. The number of hydrogen-bond donors (Lipinski definition) is 1. The molecule has 0 aromatic carbocycles. The maximum Gasteiger partial charge on any atom is 0.409 e. The minimum Gasteiger partial charge on any atom is -0.467 e. The Balaban J connectivity index is 2.42. The van der Waals surface area contributed by atoms with Crippen molar-refractivity contribution in [1.82, 2.24) is 9.80 Å². The van der Waals surface area contributed by atoms with Crippen LogP contribution in [0.25, 0.3) is 0 Å². The molecule has 7 heteroatoms. The summed E-state index contributed by atoms with van der Waals surface area (Å²) in [5, 5.41) is 9.97. The van der Waals surface area contributed by atoms with Crippen molar-refractivity contribution in [1.29, 1.82) is 0 Å². The molecule has 1 atom stereocenters. The number of methoxy groups -OCH3 is 1. The Bertz CT molecular complexity index is 324. The average molecular weight is 274 g/mol. The van der Waals surface area contributed by atoms with Crippen LogP contribution in [0, 0.1) is 0 Å². The van der Waals surface area contributed by atoms with Crippen molar-refractivity contribution < 1.29 is 24.2 Å². The van der Waals surface area contributed by atoms with Crippen LogP contribution in [0.15, 0.2) is 0 Å². The first-order valence-corrected chi connectivity index (χ1v) is 6.35. The summed E-state index contributed by atoms with van der Waals surface area (Å²) in [7, 11) is 1.25. The van der Waals surface area contributed by atoms with E-state index in [1.54, 1.807) is 11.8 Å². The molecule has 1 rings (SSSR count). The molecule has 1 N–H and O–H groups in total. The van der Waals surface area contributed by atoms with Crippen molar-refractivity contribution in [2.24, 2.45) is 0 Å². The minimum absolute atomic E-state index is 0.191. The van der Waals surface area contributed by atoms with Gasteiger partial charge in [-0.15, -0.1) is 0 Å². The molecule has 0 saturated carbocycles. The lowest BCUT2D eigenvalue weighted by atomic mass is 10.1. The van der Waals surface area contributed by atoms with Crippen LogP contribution in [0.2, 0.25) is 0 Å². The number of aliphatic hydroxyl groups is 1. The minimum atomic E-state index is -1.53. The fraction of sp³-hybridized carbons (Fsp3) is 0.833. The van der Waals surface area contributed by atoms with Gasteiger partial charge in [-0.05, 0) is 13.8 Å². The van der Waals surface area contributed by atoms with E-state index in [0.29, 0.717) is 32.8 Å². The zero-order valence-corrected chi connectivity index (χ0v) is 11.7. The average Bonchev–Trinajstić information content (AvgIpc) is 2.38. The van der Waals surface area contributed by atoms with Crippen LogP contribution in [-0.4, -0.2) is 79.0 Å². The van der Waals surface area contributed by atoms with Crippen molar-refractivity contribution in [3.05, 3.63) is 0 Å². The highest BCUT2D eigenvalue weighted by atomic mass is 16.6. The molecule has 110 valence electrons. The zero-order valence-electron chi connectivity index (χ0n) is 11.7. The predicted molar refractivity (Wildman–Crippen MR) is 67.7 cm³/mol. The van der Waals surface area contributed by atoms with Gasteiger partial charge in [0.15, 0.2) is 5.60 Å². The molecular formula is C12H22N2O5. The van der Waals surface area contributed by atoms with Crippen LogP contribution in [0.4, 0.5) is 4.79 Å². The largest absolute Gasteiger partial charge is 0.467 e. The highest BCUT2D eigenvalue weighted by Crippen LogP contribution is 2.11. The standard InChI is InChI=1S/C12H22N2O5/c1-4-19-11(16)14-7-5-13(6-8-14)9-12(2,17)10(15)18-3/h17H,4-9H2,1-3H3. The van der Waals surface area contributed by atoms with Gasteiger partial charge in [-0.3, -0.25) is 4.90 Å². The van der Waals surface area contributed by atoms with Crippen molar-refractivity contribution in [2.75, 3.05) is 46.4 Å². The second kappa shape index (κ2) is 6.72. The van der Waals surface area contributed by atoms with E-state index in [4.69, 9.17) is 4.74 Å². The number of carbonyl (C=O) groups excluding carboxylic acids is 2. The summed E-state index contributed by atoms with van der Waals surface area (Å²) < 4.78 is 9.47. The van der Waals surface area contributed by atoms with Gasteiger partial charge < -0.3 is 19.5 Å². The van der Waals surface area contributed by atoms with Gasteiger partial charge in [-0.25, -0.2) is 9.59 Å². The lowest BCUT2D eigenvalue weighted by molar-refractivity contribution is -0.162. The molecule has 7 nitrogen and oxygen atoms in total. The number of β-amino-alcohol motifs (C(OH)–C–C–N with tert-alkyl or cyclic N) is 1. The summed E-state index contributed by atoms with van der Waals surface area (Å²) in [6.45, 7) is 5.97. The molecule has 0 aromatic heterocycles. The molecule has 1 aliphatic rings. The Kier molecular flexibility index (Phi) is 5.56. The first-order valence-electron chi connectivity index (χ1n) is 6.35. The van der Waals surface area contributed by atoms with Gasteiger partial charge in [-0.1, -0.05) is 0 Å². The molecule has 0 aromatic rings. The van der Waals surface area contributed by atoms with Gasteiger partial charge in [0.2, 0.25) is 0 Å². The predicted octanol–water partition coefficient (Wildman–Crippen LogP) is -0.315. The molecule has 0 spiro atoms. The van der Waals surface area contributed by atoms with E-state index in [-0.39, 0.29) is 12.6 Å². The van der Waals surface area contributed by atoms with E-state index in [2.05, 4.69) is 4.74 Å². The van der Waals surface area contributed by atoms with Crippen LogP contribution < -0.4 is 0 Å².